The first-order valence-corrected chi connectivity index (χ1v) is 17.1. The Hall–Kier alpha value is -1.96. The Bertz CT molecular complexity index is 1100. The molecule has 0 aromatic heterocycles. The Balaban J connectivity index is 1.19. The summed E-state index contributed by atoms with van der Waals surface area (Å²) >= 11 is 0. The van der Waals surface area contributed by atoms with E-state index in [1.54, 1.807) is 0 Å². The van der Waals surface area contributed by atoms with Crippen molar-refractivity contribution in [3.63, 3.8) is 0 Å². The highest BCUT2D eigenvalue weighted by atomic mass is 16.5. The fourth-order valence-corrected chi connectivity index (χ4v) is 10.7. The van der Waals surface area contributed by atoms with Gasteiger partial charge in [0.05, 0.1) is 13.2 Å². The van der Waals surface area contributed by atoms with Crippen molar-refractivity contribution in [2.45, 2.75) is 110 Å². The molecule has 1 aromatic rings. The monoisotopic (exact) mass is 595 g/mol. The van der Waals surface area contributed by atoms with Gasteiger partial charge in [-0.2, -0.15) is 0 Å². The van der Waals surface area contributed by atoms with Gasteiger partial charge in [0.2, 0.25) is 5.91 Å². The fraction of sp³-hybridized carbons (Fsp3) is 0.778. The molecule has 4 aliphatic rings. The Kier molecular flexibility index (Phi) is 10.2. The number of methoxy groups -OCH3 is 1. The number of esters is 1. The van der Waals surface area contributed by atoms with E-state index in [1.165, 1.54) is 52.1 Å². The van der Waals surface area contributed by atoms with Crippen molar-refractivity contribution < 1.29 is 19.4 Å². The molecule has 0 aliphatic heterocycles. The van der Waals surface area contributed by atoms with E-state index in [1.807, 2.05) is 30.3 Å². The minimum Gasteiger partial charge on any atom is -0.467 e. The van der Waals surface area contributed by atoms with Crippen LogP contribution in [-0.2, 0) is 20.7 Å². The third-order valence-corrected chi connectivity index (χ3v) is 13.0. The number of nitrogens with one attached hydrogen (secondary N) is 2. The van der Waals surface area contributed by atoms with E-state index in [0.29, 0.717) is 66.4 Å². The summed E-state index contributed by atoms with van der Waals surface area (Å²) in [6.07, 6.45) is 10.8. The number of benzene rings is 1. The standard InChI is InChI=1S/C36H57N3O4/c1-23(10-13-32(41)39-30(34(42)43-4)20-24-8-6-5-7-9-24)27-11-12-28-33-29(15-17-36(27,28)3)35(2)16-14-26(38-19-18-37)21-25(35)22-31(33)40/h5-9,23,25-31,33,38,40H,10-22,37H2,1-4H3,(H,39,41)/t23-,25+,26+,27-,28+,29+,30+,31-,33+,35+,36-/m1/s1. The van der Waals surface area contributed by atoms with Crippen LogP contribution in [-0.4, -0.2) is 55.4 Å². The van der Waals surface area contributed by atoms with Crippen LogP contribution in [0.4, 0.5) is 0 Å². The van der Waals surface area contributed by atoms with Gasteiger partial charge in [0.25, 0.3) is 0 Å². The molecule has 5 N–H and O–H groups in total. The molecule has 0 spiro atoms. The first-order chi connectivity index (χ1) is 20.6. The van der Waals surface area contributed by atoms with Crippen LogP contribution in [0.3, 0.4) is 0 Å². The molecule has 43 heavy (non-hydrogen) atoms. The number of fused-ring (bicyclic) bond motifs is 5. The molecule has 0 unspecified atom stereocenters. The number of hydrogen-bond acceptors (Lipinski definition) is 6. The zero-order chi connectivity index (χ0) is 30.8. The molecule has 0 heterocycles. The van der Waals surface area contributed by atoms with E-state index >= 15 is 0 Å². The van der Waals surface area contributed by atoms with Gasteiger partial charge in [-0.25, -0.2) is 4.79 Å². The maximum atomic E-state index is 13.1. The van der Waals surface area contributed by atoms with Crippen molar-refractivity contribution in [2.75, 3.05) is 20.2 Å². The number of aliphatic hydroxyl groups excluding tert-OH is 1. The van der Waals surface area contributed by atoms with Gasteiger partial charge >= 0.3 is 5.97 Å². The maximum absolute atomic E-state index is 13.1. The minimum atomic E-state index is -0.677. The van der Waals surface area contributed by atoms with Crippen molar-refractivity contribution in [3.8, 4) is 0 Å². The summed E-state index contributed by atoms with van der Waals surface area (Å²) in [5, 5.41) is 18.3. The van der Waals surface area contributed by atoms with Crippen molar-refractivity contribution in [2.24, 2.45) is 52.1 Å². The summed E-state index contributed by atoms with van der Waals surface area (Å²) in [7, 11) is 1.37. The summed E-state index contributed by atoms with van der Waals surface area (Å²) in [6, 6.07) is 9.60. The molecule has 5 rings (SSSR count). The van der Waals surface area contributed by atoms with Crippen LogP contribution >= 0.6 is 0 Å². The summed E-state index contributed by atoms with van der Waals surface area (Å²) in [5.74, 6) is 2.63. The average molecular weight is 596 g/mol. The topological polar surface area (TPSA) is 114 Å². The predicted octanol–water partition coefficient (Wildman–Crippen LogP) is 4.85. The highest BCUT2D eigenvalue weighted by Gasteiger charge is 2.62. The van der Waals surface area contributed by atoms with Crippen LogP contribution < -0.4 is 16.4 Å². The van der Waals surface area contributed by atoms with Crippen molar-refractivity contribution in [3.05, 3.63) is 35.9 Å². The molecule has 0 bridgehead atoms. The van der Waals surface area contributed by atoms with Crippen LogP contribution in [0, 0.1) is 46.3 Å². The molecule has 4 saturated carbocycles. The van der Waals surface area contributed by atoms with Crippen molar-refractivity contribution in [1.29, 1.82) is 0 Å². The second kappa shape index (κ2) is 13.6. The second-order valence-corrected chi connectivity index (χ2v) is 15.1. The van der Waals surface area contributed by atoms with E-state index in [-0.39, 0.29) is 17.4 Å². The van der Waals surface area contributed by atoms with E-state index < -0.39 is 12.0 Å². The van der Waals surface area contributed by atoms with Gasteiger partial charge < -0.3 is 26.2 Å². The Labute approximate surface area is 259 Å². The van der Waals surface area contributed by atoms with Gasteiger partial charge in [0, 0.05) is 32.0 Å². The van der Waals surface area contributed by atoms with Crippen LogP contribution in [0.2, 0.25) is 0 Å². The predicted molar refractivity (Wildman–Crippen MR) is 170 cm³/mol. The summed E-state index contributed by atoms with van der Waals surface area (Å²) in [6.45, 7) is 8.94. The lowest BCUT2D eigenvalue weighted by atomic mass is 9.43. The number of rotatable bonds is 11. The van der Waals surface area contributed by atoms with Gasteiger partial charge in [0.15, 0.2) is 0 Å². The number of aliphatic hydroxyl groups is 1. The van der Waals surface area contributed by atoms with Crippen molar-refractivity contribution in [1.82, 2.24) is 10.6 Å². The fourth-order valence-electron chi connectivity index (χ4n) is 10.7. The number of amides is 1. The van der Waals surface area contributed by atoms with Crippen LogP contribution in [0.1, 0.15) is 90.5 Å². The summed E-state index contributed by atoms with van der Waals surface area (Å²) in [4.78, 5) is 25.5. The lowest BCUT2D eigenvalue weighted by Crippen LogP contribution is -2.59. The van der Waals surface area contributed by atoms with Crippen molar-refractivity contribution >= 4 is 11.9 Å². The van der Waals surface area contributed by atoms with Gasteiger partial charge in [-0.05, 0) is 110 Å². The molecule has 0 saturated heterocycles. The minimum absolute atomic E-state index is 0.0835. The molecular weight excluding hydrogens is 538 g/mol. The number of hydrogen-bond donors (Lipinski definition) is 4. The third-order valence-electron chi connectivity index (χ3n) is 13.0. The molecule has 11 atom stereocenters. The molecular formula is C36H57N3O4. The summed E-state index contributed by atoms with van der Waals surface area (Å²) in [5.41, 5.74) is 7.29. The first kappa shape index (κ1) is 32.4. The largest absolute Gasteiger partial charge is 0.467 e. The van der Waals surface area contributed by atoms with Gasteiger partial charge in [-0.1, -0.05) is 51.1 Å². The highest BCUT2D eigenvalue weighted by Crippen LogP contribution is 2.68. The SMILES string of the molecule is COC(=O)[C@H](Cc1ccccc1)NC(=O)CC[C@@H](C)[C@H]1CC[C@H]2[C@@H]3[C@H](O)C[C@@H]4C[C@@H](NCCN)CC[C@]4(C)[C@H]3CC[C@]12C. The quantitative estimate of drug-likeness (QED) is 0.272. The number of carbonyl (C=O) groups is 2. The molecule has 4 aliphatic carbocycles. The Morgan fingerprint density at radius 3 is 2.49 bits per heavy atom. The van der Waals surface area contributed by atoms with E-state index in [4.69, 9.17) is 10.5 Å². The zero-order valence-electron chi connectivity index (χ0n) is 27.0. The first-order valence-electron chi connectivity index (χ1n) is 17.1. The molecule has 0 radical (unpaired) electrons. The number of nitrogens with two attached hydrogens (primary N) is 1. The van der Waals surface area contributed by atoms with E-state index in [9.17, 15) is 14.7 Å². The second-order valence-electron chi connectivity index (χ2n) is 15.1. The Morgan fingerprint density at radius 2 is 1.77 bits per heavy atom. The summed E-state index contributed by atoms with van der Waals surface area (Å²) < 4.78 is 5.00. The lowest BCUT2D eigenvalue weighted by molar-refractivity contribution is -0.167. The van der Waals surface area contributed by atoms with Crippen LogP contribution in [0.25, 0.3) is 0 Å². The zero-order valence-corrected chi connectivity index (χ0v) is 27.0. The molecule has 240 valence electrons. The van der Waals surface area contributed by atoms with Gasteiger partial charge in [-0.3, -0.25) is 4.79 Å². The van der Waals surface area contributed by atoms with Crippen LogP contribution in [0.15, 0.2) is 30.3 Å². The normalized spacial score (nSPS) is 38.2. The van der Waals surface area contributed by atoms with Gasteiger partial charge in [-0.15, -0.1) is 0 Å². The number of ether oxygens (including phenoxy) is 1. The van der Waals surface area contributed by atoms with Crippen LogP contribution in [0.5, 0.6) is 0 Å². The molecule has 1 aromatic carbocycles. The smallest absolute Gasteiger partial charge is 0.328 e. The maximum Gasteiger partial charge on any atom is 0.328 e. The Morgan fingerprint density at radius 1 is 1.05 bits per heavy atom. The van der Waals surface area contributed by atoms with Gasteiger partial charge in [0.1, 0.15) is 6.04 Å². The molecule has 4 fully saturated rings. The average Bonchev–Trinajstić information content (AvgIpc) is 3.36. The third kappa shape index (κ3) is 6.55. The molecule has 1 amide bonds. The van der Waals surface area contributed by atoms with E-state index in [2.05, 4.69) is 31.4 Å². The molecule has 7 heteroatoms. The molecule has 7 nitrogen and oxygen atoms in total. The number of carbonyl (C=O) groups excluding carboxylic acids is 2. The van der Waals surface area contributed by atoms with E-state index in [0.717, 1.165) is 24.9 Å². The highest BCUT2D eigenvalue weighted by molar-refractivity contribution is 5.84. The lowest BCUT2D eigenvalue weighted by Gasteiger charge is -2.62.